The summed E-state index contributed by atoms with van der Waals surface area (Å²) in [7, 11) is 5.03. The van der Waals surface area contributed by atoms with E-state index in [1.54, 1.807) is 21.2 Å². The van der Waals surface area contributed by atoms with Crippen molar-refractivity contribution in [3.63, 3.8) is 0 Å². The lowest BCUT2D eigenvalue weighted by molar-refractivity contribution is 0.0963. The summed E-state index contributed by atoms with van der Waals surface area (Å²) >= 11 is 0. The minimum atomic E-state index is -0.0780. The molecule has 2 aromatic rings. The quantitative estimate of drug-likeness (QED) is 0.192. The van der Waals surface area contributed by atoms with E-state index < -0.39 is 0 Å². The zero-order chi connectivity index (χ0) is 20.9. The van der Waals surface area contributed by atoms with Gasteiger partial charge in [0.25, 0.3) is 5.91 Å². The zero-order valence-electron chi connectivity index (χ0n) is 17.7. The summed E-state index contributed by atoms with van der Waals surface area (Å²) in [6.45, 7) is 2.42. The van der Waals surface area contributed by atoms with Gasteiger partial charge >= 0.3 is 0 Å². The number of ether oxygens (including phenoxy) is 2. The molecule has 0 aliphatic heterocycles. The number of aliphatic imine (C=N–C) groups is 1. The zero-order valence-corrected chi connectivity index (χ0v) is 20.1. The van der Waals surface area contributed by atoms with Crippen molar-refractivity contribution in [2.45, 2.75) is 13.0 Å². The number of benzene rings is 2. The minimum Gasteiger partial charge on any atom is -0.491 e. The van der Waals surface area contributed by atoms with E-state index in [4.69, 9.17) is 9.47 Å². The van der Waals surface area contributed by atoms with Crippen LogP contribution in [0.15, 0.2) is 53.5 Å². The molecule has 0 radical (unpaired) electrons. The van der Waals surface area contributed by atoms with Crippen LogP contribution in [-0.4, -0.2) is 52.8 Å². The van der Waals surface area contributed by atoms with E-state index >= 15 is 0 Å². The highest BCUT2D eigenvalue weighted by atomic mass is 127. The standard InChI is InChI=1S/C22H30N4O3.HI/c1-23-21(27)19-8-4-6-17(14-19)10-11-25-22(24-2)26-16-18-7-5-9-20(15-18)29-13-12-28-3;/h4-9,14-15H,10-13,16H2,1-3H3,(H,23,27)(H2,24,25,26);1H. The Balaban J connectivity index is 0.00000450. The molecule has 2 rings (SSSR count). The van der Waals surface area contributed by atoms with Crippen molar-refractivity contribution in [1.82, 2.24) is 16.0 Å². The highest BCUT2D eigenvalue weighted by Gasteiger charge is 2.04. The lowest BCUT2D eigenvalue weighted by Crippen LogP contribution is -2.37. The molecule has 164 valence electrons. The highest BCUT2D eigenvalue weighted by molar-refractivity contribution is 14.0. The first-order valence-electron chi connectivity index (χ1n) is 9.62. The van der Waals surface area contributed by atoms with Gasteiger partial charge in [-0.05, 0) is 41.8 Å². The molecule has 8 heteroatoms. The summed E-state index contributed by atoms with van der Waals surface area (Å²) in [5.74, 6) is 1.46. The van der Waals surface area contributed by atoms with Gasteiger partial charge in [0.2, 0.25) is 0 Å². The van der Waals surface area contributed by atoms with Gasteiger partial charge in [-0.15, -0.1) is 24.0 Å². The van der Waals surface area contributed by atoms with E-state index in [2.05, 4.69) is 20.9 Å². The second kappa shape index (κ2) is 14.6. The summed E-state index contributed by atoms with van der Waals surface area (Å²) in [5, 5.41) is 9.24. The number of nitrogens with one attached hydrogen (secondary N) is 3. The topological polar surface area (TPSA) is 84.0 Å². The fourth-order valence-corrected chi connectivity index (χ4v) is 2.73. The van der Waals surface area contributed by atoms with Crippen molar-refractivity contribution in [2.75, 3.05) is 41.0 Å². The Bertz CT molecular complexity index is 814. The van der Waals surface area contributed by atoms with Crippen LogP contribution in [0.1, 0.15) is 21.5 Å². The van der Waals surface area contributed by atoms with Gasteiger partial charge in [-0.25, -0.2) is 0 Å². The summed E-state index contributed by atoms with van der Waals surface area (Å²) in [6, 6.07) is 15.6. The van der Waals surface area contributed by atoms with E-state index in [1.165, 1.54) is 0 Å². The van der Waals surface area contributed by atoms with Gasteiger partial charge in [-0.2, -0.15) is 0 Å². The maximum absolute atomic E-state index is 11.7. The molecule has 30 heavy (non-hydrogen) atoms. The molecule has 0 aromatic heterocycles. The van der Waals surface area contributed by atoms with Gasteiger partial charge in [-0.3, -0.25) is 9.79 Å². The Morgan fingerprint density at radius 2 is 1.80 bits per heavy atom. The van der Waals surface area contributed by atoms with Crippen LogP contribution in [0.2, 0.25) is 0 Å². The third-order valence-electron chi connectivity index (χ3n) is 4.26. The number of guanidine groups is 1. The largest absolute Gasteiger partial charge is 0.491 e. The van der Waals surface area contributed by atoms with E-state index in [0.717, 1.165) is 29.3 Å². The van der Waals surface area contributed by atoms with Gasteiger partial charge in [0, 0.05) is 39.9 Å². The van der Waals surface area contributed by atoms with E-state index in [1.807, 2.05) is 48.5 Å². The number of amides is 1. The van der Waals surface area contributed by atoms with Gasteiger partial charge in [0.1, 0.15) is 12.4 Å². The molecule has 1 amide bonds. The number of hydrogen-bond donors (Lipinski definition) is 3. The molecule has 0 spiro atoms. The molecule has 0 heterocycles. The van der Waals surface area contributed by atoms with E-state index in [9.17, 15) is 4.79 Å². The number of carbonyl (C=O) groups is 1. The van der Waals surface area contributed by atoms with E-state index in [0.29, 0.717) is 31.9 Å². The van der Waals surface area contributed by atoms with Crippen molar-refractivity contribution in [3.05, 3.63) is 65.2 Å². The first-order valence-corrected chi connectivity index (χ1v) is 9.62. The van der Waals surface area contributed by atoms with Gasteiger partial charge in [0.05, 0.1) is 6.61 Å². The molecule has 0 aliphatic rings. The van der Waals surface area contributed by atoms with Gasteiger partial charge < -0.3 is 25.4 Å². The molecule has 7 nitrogen and oxygen atoms in total. The molecular weight excluding hydrogens is 495 g/mol. The fraction of sp³-hybridized carbons (Fsp3) is 0.364. The maximum atomic E-state index is 11.7. The molecule has 0 atom stereocenters. The van der Waals surface area contributed by atoms with Crippen LogP contribution in [0, 0.1) is 0 Å². The Kier molecular flexibility index (Phi) is 12.5. The molecule has 0 saturated heterocycles. The molecule has 0 bridgehead atoms. The number of halogens is 1. The highest BCUT2D eigenvalue weighted by Crippen LogP contribution is 2.13. The molecule has 0 saturated carbocycles. The second-order valence-electron chi connectivity index (χ2n) is 6.37. The number of methoxy groups -OCH3 is 1. The molecular formula is C22H31IN4O3. The average Bonchev–Trinajstić information content (AvgIpc) is 2.76. The van der Waals surface area contributed by atoms with E-state index in [-0.39, 0.29) is 29.9 Å². The number of hydrogen-bond acceptors (Lipinski definition) is 4. The second-order valence-corrected chi connectivity index (χ2v) is 6.37. The molecule has 0 fully saturated rings. The third kappa shape index (κ3) is 9.00. The minimum absolute atomic E-state index is 0. The number of carbonyl (C=O) groups excluding carboxylic acids is 1. The van der Waals surface area contributed by atoms with Crippen molar-refractivity contribution in [2.24, 2.45) is 4.99 Å². The van der Waals surface area contributed by atoms with Gasteiger partial charge in [-0.1, -0.05) is 24.3 Å². The van der Waals surface area contributed by atoms with Crippen molar-refractivity contribution >= 4 is 35.8 Å². The Hall–Kier alpha value is -2.33. The number of nitrogens with zero attached hydrogens (tertiary/aromatic N) is 1. The van der Waals surface area contributed by atoms with Gasteiger partial charge in [0.15, 0.2) is 5.96 Å². The maximum Gasteiger partial charge on any atom is 0.251 e. The first-order chi connectivity index (χ1) is 14.2. The Morgan fingerprint density at radius 1 is 1.03 bits per heavy atom. The van der Waals surface area contributed by atoms with Crippen molar-refractivity contribution in [3.8, 4) is 5.75 Å². The monoisotopic (exact) mass is 526 g/mol. The van der Waals surface area contributed by atoms with Crippen molar-refractivity contribution in [1.29, 1.82) is 0 Å². The fourth-order valence-electron chi connectivity index (χ4n) is 2.73. The lowest BCUT2D eigenvalue weighted by atomic mass is 10.1. The predicted octanol–water partition coefficient (Wildman–Crippen LogP) is 2.60. The molecule has 0 aliphatic carbocycles. The van der Waals surface area contributed by atoms with Crippen LogP contribution >= 0.6 is 24.0 Å². The summed E-state index contributed by atoms with van der Waals surface area (Å²) in [5.41, 5.74) is 2.86. The number of rotatable bonds is 10. The smallest absolute Gasteiger partial charge is 0.251 e. The predicted molar refractivity (Wildman–Crippen MR) is 131 cm³/mol. The van der Waals surface area contributed by atoms with Crippen LogP contribution in [-0.2, 0) is 17.7 Å². The van der Waals surface area contributed by atoms with Crippen LogP contribution in [0.5, 0.6) is 5.75 Å². The third-order valence-corrected chi connectivity index (χ3v) is 4.26. The summed E-state index contributed by atoms with van der Waals surface area (Å²) in [6.07, 6.45) is 0.786. The summed E-state index contributed by atoms with van der Waals surface area (Å²) < 4.78 is 10.6. The molecule has 0 unspecified atom stereocenters. The molecule has 3 N–H and O–H groups in total. The molecule has 2 aromatic carbocycles. The summed E-state index contributed by atoms with van der Waals surface area (Å²) in [4.78, 5) is 16.0. The van der Waals surface area contributed by atoms with Crippen LogP contribution in [0.3, 0.4) is 0 Å². The Morgan fingerprint density at radius 3 is 2.53 bits per heavy atom. The Labute approximate surface area is 195 Å². The first kappa shape index (κ1) is 25.7. The van der Waals surface area contributed by atoms with Crippen LogP contribution < -0.4 is 20.7 Å². The lowest BCUT2D eigenvalue weighted by Gasteiger charge is -2.13. The van der Waals surface area contributed by atoms with Crippen LogP contribution in [0.4, 0.5) is 0 Å². The van der Waals surface area contributed by atoms with Crippen molar-refractivity contribution < 1.29 is 14.3 Å². The SMILES string of the molecule is CN=C(NCCc1cccc(C(=O)NC)c1)NCc1cccc(OCCOC)c1.I. The normalized spacial score (nSPS) is 10.7. The van der Waals surface area contributed by atoms with Crippen LogP contribution in [0.25, 0.3) is 0 Å². The average molecular weight is 526 g/mol.